The van der Waals surface area contributed by atoms with Gasteiger partial charge in [-0.2, -0.15) is 0 Å². The van der Waals surface area contributed by atoms with Gasteiger partial charge in [0, 0.05) is 16.5 Å². The van der Waals surface area contributed by atoms with E-state index in [0.717, 1.165) is 11.1 Å². The van der Waals surface area contributed by atoms with Gasteiger partial charge in [0.15, 0.2) is 6.61 Å². The van der Waals surface area contributed by atoms with Crippen LogP contribution in [0.25, 0.3) is 11.1 Å². The fourth-order valence-electron chi connectivity index (χ4n) is 3.57. The molecule has 1 heterocycles. The van der Waals surface area contributed by atoms with Crippen LogP contribution in [0.5, 0.6) is 5.75 Å². The second-order valence-electron chi connectivity index (χ2n) is 8.24. The number of amides is 2. The average molecular weight is 549 g/mol. The predicted octanol–water partition coefficient (Wildman–Crippen LogP) is 6.82. The highest BCUT2D eigenvalue weighted by atomic mass is 35.5. The first kappa shape index (κ1) is 26.9. The zero-order valence-electron chi connectivity index (χ0n) is 20.7. The predicted molar refractivity (Wildman–Crippen MR) is 150 cm³/mol. The van der Waals surface area contributed by atoms with Crippen LogP contribution in [0.3, 0.4) is 0 Å². The quantitative estimate of drug-likeness (QED) is 0.224. The van der Waals surface area contributed by atoms with E-state index in [-0.39, 0.29) is 19.1 Å². The summed E-state index contributed by atoms with van der Waals surface area (Å²) in [5.41, 5.74) is 3.87. The average Bonchev–Trinajstić information content (AvgIpc) is 3.33. The number of thiophene rings is 1. The minimum absolute atomic E-state index is 0.213. The zero-order chi connectivity index (χ0) is 27.1. The molecule has 0 aliphatic rings. The molecule has 0 spiro atoms. The van der Waals surface area contributed by atoms with Gasteiger partial charge in [0.2, 0.25) is 0 Å². The molecule has 2 amide bonds. The van der Waals surface area contributed by atoms with Crippen LogP contribution in [0.15, 0.2) is 78.2 Å². The number of aryl methyl sites for hydroxylation is 1. The van der Waals surface area contributed by atoms with Crippen molar-refractivity contribution in [3.05, 3.63) is 99.9 Å². The number of nitrogens with one attached hydrogen (secondary N) is 2. The lowest BCUT2D eigenvalue weighted by atomic mass is 10.0. The molecule has 0 bridgehead atoms. The van der Waals surface area contributed by atoms with Crippen LogP contribution in [0, 0.1) is 6.92 Å². The van der Waals surface area contributed by atoms with Crippen molar-refractivity contribution in [2.75, 3.05) is 23.8 Å². The van der Waals surface area contributed by atoms with Crippen molar-refractivity contribution in [1.82, 2.24) is 0 Å². The summed E-state index contributed by atoms with van der Waals surface area (Å²) in [7, 11) is 0. The zero-order valence-corrected chi connectivity index (χ0v) is 22.3. The van der Waals surface area contributed by atoms with Gasteiger partial charge in [0.25, 0.3) is 11.8 Å². The van der Waals surface area contributed by atoms with E-state index >= 15 is 0 Å². The molecule has 0 saturated heterocycles. The van der Waals surface area contributed by atoms with Gasteiger partial charge in [0.1, 0.15) is 16.3 Å². The highest BCUT2D eigenvalue weighted by Crippen LogP contribution is 2.36. The van der Waals surface area contributed by atoms with E-state index in [2.05, 4.69) is 10.6 Å². The van der Waals surface area contributed by atoms with Gasteiger partial charge in [-0.1, -0.05) is 53.6 Å². The third kappa shape index (κ3) is 6.59. The molecule has 0 atom stereocenters. The summed E-state index contributed by atoms with van der Waals surface area (Å²) in [6.07, 6.45) is 0. The number of hydrogen-bond donors (Lipinski definition) is 2. The van der Waals surface area contributed by atoms with Gasteiger partial charge in [-0.25, -0.2) is 4.79 Å². The van der Waals surface area contributed by atoms with E-state index in [0.29, 0.717) is 38.2 Å². The van der Waals surface area contributed by atoms with Crippen molar-refractivity contribution in [2.45, 2.75) is 13.8 Å². The summed E-state index contributed by atoms with van der Waals surface area (Å²) in [5.74, 6) is -0.859. The van der Waals surface area contributed by atoms with Crippen molar-refractivity contribution < 1.29 is 23.9 Å². The lowest BCUT2D eigenvalue weighted by Crippen LogP contribution is -2.21. The molecular weight excluding hydrogens is 524 g/mol. The third-order valence-electron chi connectivity index (χ3n) is 5.49. The monoisotopic (exact) mass is 548 g/mol. The van der Waals surface area contributed by atoms with E-state index < -0.39 is 11.9 Å². The maximum atomic E-state index is 12.7. The Morgan fingerprint density at radius 3 is 2.32 bits per heavy atom. The molecule has 9 heteroatoms. The summed E-state index contributed by atoms with van der Waals surface area (Å²) in [5, 5.41) is 8.16. The molecule has 0 radical (unpaired) electrons. The first-order chi connectivity index (χ1) is 18.4. The van der Waals surface area contributed by atoms with Crippen molar-refractivity contribution in [2.24, 2.45) is 0 Å². The first-order valence-corrected chi connectivity index (χ1v) is 13.1. The van der Waals surface area contributed by atoms with Crippen LogP contribution in [-0.2, 0) is 9.53 Å². The van der Waals surface area contributed by atoms with Crippen LogP contribution in [0.1, 0.15) is 33.2 Å². The number of anilines is 2. The van der Waals surface area contributed by atoms with Crippen molar-refractivity contribution in [1.29, 1.82) is 0 Å². The topological polar surface area (TPSA) is 93.7 Å². The number of carbonyl (C=O) groups is 3. The minimum Gasteiger partial charge on any atom is -0.484 e. The number of hydrogen-bond acceptors (Lipinski definition) is 6. The molecule has 194 valence electrons. The molecule has 1 aromatic heterocycles. The summed E-state index contributed by atoms with van der Waals surface area (Å²) in [6, 6.07) is 21.1. The molecule has 4 aromatic rings. The Morgan fingerprint density at radius 1 is 0.921 bits per heavy atom. The Hall–Kier alpha value is -4.14. The number of para-hydroxylation sites is 1. The summed E-state index contributed by atoms with van der Waals surface area (Å²) in [4.78, 5) is 37.9. The summed E-state index contributed by atoms with van der Waals surface area (Å²) >= 11 is 7.34. The number of esters is 1. The lowest BCUT2D eigenvalue weighted by molar-refractivity contribution is -0.118. The van der Waals surface area contributed by atoms with E-state index in [1.165, 1.54) is 11.3 Å². The largest absolute Gasteiger partial charge is 0.484 e. The Morgan fingerprint density at radius 2 is 1.63 bits per heavy atom. The molecule has 0 saturated carbocycles. The molecule has 7 nitrogen and oxygen atoms in total. The van der Waals surface area contributed by atoms with Crippen LogP contribution in [0.4, 0.5) is 10.7 Å². The van der Waals surface area contributed by atoms with Gasteiger partial charge in [-0.05, 0) is 55.8 Å². The standard InChI is InChI=1S/C29H25ClN2O5S/c1-3-36-29(35)26-22(19-10-8-18(2)9-11-19)17-38-28(26)32-25(33)16-37-21-14-12-20(13-15-21)27(34)31-24-7-5-4-6-23(24)30/h4-15,17H,3,16H2,1-2H3,(H,31,34)(H,32,33). The van der Waals surface area contributed by atoms with Crippen LogP contribution in [0.2, 0.25) is 5.02 Å². The molecule has 2 N–H and O–H groups in total. The molecule has 0 aliphatic heterocycles. The SMILES string of the molecule is CCOC(=O)c1c(-c2ccc(C)cc2)csc1NC(=O)COc1ccc(C(=O)Nc2ccccc2Cl)cc1. The third-order valence-corrected chi connectivity index (χ3v) is 6.72. The van der Waals surface area contributed by atoms with Gasteiger partial charge in [0.05, 0.1) is 17.3 Å². The Balaban J connectivity index is 1.40. The van der Waals surface area contributed by atoms with Gasteiger partial charge in [-0.3, -0.25) is 9.59 Å². The maximum absolute atomic E-state index is 12.7. The number of benzene rings is 3. The highest BCUT2D eigenvalue weighted by Gasteiger charge is 2.23. The normalized spacial score (nSPS) is 10.5. The van der Waals surface area contributed by atoms with E-state index in [1.54, 1.807) is 55.5 Å². The second kappa shape index (κ2) is 12.4. The number of carbonyl (C=O) groups excluding carboxylic acids is 3. The summed E-state index contributed by atoms with van der Waals surface area (Å²) < 4.78 is 10.8. The number of halogens is 1. The lowest BCUT2D eigenvalue weighted by Gasteiger charge is -2.10. The first-order valence-electron chi connectivity index (χ1n) is 11.8. The van der Waals surface area contributed by atoms with Crippen molar-refractivity contribution in [3.8, 4) is 16.9 Å². The number of ether oxygens (including phenoxy) is 2. The molecule has 0 fully saturated rings. The molecule has 38 heavy (non-hydrogen) atoms. The van der Waals surface area contributed by atoms with Crippen molar-refractivity contribution >= 4 is 51.4 Å². The van der Waals surface area contributed by atoms with E-state index in [4.69, 9.17) is 21.1 Å². The Bertz CT molecular complexity index is 1450. The van der Waals surface area contributed by atoms with Gasteiger partial charge < -0.3 is 20.1 Å². The van der Waals surface area contributed by atoms with Crippen LogP contribution < -0.4 is 15.4 Å². The fourth-order valence-corrected chi connectivity index (χ4v) is 4.73. The Labute approximate surface area is 229 Å². The molecule has 0 unspecified atom stereocenters. The maximum Gasteiger partial charge on any atom is 0.341 e. The molecule has 4 rings (SSSR count). The highest BCUT2D eigenvalue weighted by molar-refractivity contribution is 7.15. The fraction of sp³-hybridized carbons (Fsp3) is 0.138. The minimum atomic E-state index is -0.508. The van der Waals surface area contributed by atoms with Gasteiger partial charge >= 0.3 is 5.97 Å². The number of rotatable bonds is 9. The van der Waals surface area contributed by atoms with Crippen LogP contribution in [-0.4, -0.2) is 31.0 Å². The molecular formula is C29H25ClN2O5S. The second-order valence-corrected chi connectivity index (χ2v) is 9.52. The van der Waals surface area contributed by atoms with E-state index in [1.807, 2.05) is 36.6 Å². The summed E-state index contributed by atoms with van der Waals surface area (Å²) in [6.45, 7) is 3.64. The van der Waals surface area contributed by atoms with E-state index in [9.17, 15) is 14.4 Å². The van der Waals surface area contributed by atoms with Crippen molar-refractivity contribution in [3.63, 3.8) is 0 Å². The smallest absolute Gasteiger partial charge is 0.341 e. The van der Waals surface area contributed by atoms with Gasteiger partial charge in [-0.15, -0.1) is 11.3 Å². The Kier molecular flexibility index (Phi) is 8.78. The molecule has 3 aromatic carbocycles. The molecule has 0 aliphatic carbocycles. The van der Waals surface area contributed by atoms with Crippen LogP contribution >= 0.6 is 22.9 Å².